The van der Waals surface area contributed by atoms with Gasteiger partial charge in [0.05, 0.1) is 5.69 Å². The van der Waals surface area contributed by atoms with Crippen LogP contribution in [0, 0.1) is 27.7 Å². The lowest BCUT2D eigenvalue weighted by molar-refractivity contribution is 0.0817. The Morgan fingerprint density at radius 2 is 2.05 bits per heavy atom. The summed E-state index contributed by atoms with van der Waals surface area (Å²) in [6.07, 6.45) is 2.53. The second kappa shape index (κ2) is 6.60. The molecule has 0 fully saturated rings. The predicted octanol–water partition coefficient (Wildman–Crippen LogP) is 3.56. The molecule has 0 saturated carbocycles. The van der Waals surface area contributed by atoms with Crippen molar-refractivity contribution in [1.29, 1.82) is 0 Å². The Hall–Kier alpha value is -2.36. The molecule has 0 aliphatic heterocycles. The molecule has 0 unspecified atom stereocenters. The van der Waals surface area contributed by atoms with E-state index in [1.165, 1.54) is 4.68 Å². The molecule has 1 aromatic heterocycles. The molecule has 0 N–H and O–H groups in total. The summed E-state index contributed by atoms with van der Waals surface area (Å²) in [5.74, 6) is 0.568. The quantitative estimate of drug-likeness (QED) is 0.793. The van der Waals surface area contributed by atoms with Gasteiger partial charge in [-0.05, 0) is 51.3 Å². The van der Waals surface area contributed by atoms with Gasteiger partial charge < -0.3 is 4.74 Å². The Morgan fingerprint density at radius 3 is 2.73 bits per heavy atom. The van der Waals surface area contributed by atoms with Crippen LogP contribution in [0.1, 0.15) is 32.9 Å². The highest BCUT2D eigenvalue weighted by atomic mass is 16.5. The van der Waals surface area contributed by atoms with Gasteiger partial charge in [-0.25, -0.2) is 4.68 Å². The number of hydrogen-bond donors (Lipinski definition) is 0. The summed E-state index contributed by atoms with van der Waals surface area (Å²) in [5, 5.41) is 4.32. The normalized spacial score (nSPS) is 10.5. The minimum absolute atomic E-state index is 0.0280. The van der Waals surface area contributed by atoms with Gasteiger partial charge in [0.25, 0.3) is 5.91 Å². The number of hydrogen-bond acceptors (Lipinski definition) is 3. The second-order valence-corrected chi connectivity index (χ2v) is 5.43. The summed E-state index contributed by atoms with van der Waals surface area (Å²) >= 11 is 0. The number of ether oxygens (including phenoxy) is 1. The van der Waals surface area contributed by atoms with Crippen LogP contribution in [-0.2, 0) is 6.42 Å². The highest BCUT2D eigenvalue weighted by molar-refractivity contribution is 5.80. The van der Waals surface area contributed by atoms with Gasteiger partial charge in [0.15, 0.2) is 6.61 Å². The third kappa shape index (κ3) is 3.11. The summed E-state index contributed by atoms with van der Waals surface area (Å²) < 4.78 is 7.10. The molecule has 0 radical (unpaired) electrons. The Morgan fingerprint density at radius 1 is 1.32 bits per heavy atom. The van der Waals surface area contributed by atoms with E-state index < -0.39 is 0 Å². The van der Waals surface area contributed by atoms with Crippen molar-refractivity contribution in [3.63, 3.8) is 0 Å². The SMILES string of the molecule is C=CCc1c(C)nn(C(=O)COc2cccc(C)c2C)c1C. The number of rotatable bonds is 5. The fourth-order valence-corrected chi connectivity index (χ4v) is 2.44. The van der Waals surface area contributed by atoms with Crippen LogP contribution in [0.3, 0.4) is 0 Å². The molecule has 0 saturated heterocycles. The zero-order valence-electron chi connectivity index (χ0n) is 13.6. The molecule has 0 bridgehead atoms. The molecular formula is C18H22N2O2. The highest BCUT2D eigenvalue weighted by Crippen LogP contribution is 2.21. The summed E-state index contributed by atoms with van der Waals surface area (Å²) in [4.78, 5) is 12.4. The largest absolute Gasteiger partial charge is 0.483 e. The van der Waals surface area contributed by atoms with E-state index in [9.17, 15) is 4.79 Å². The molecule has 0 amide bonds. The molecule has 0 aliphatic carbocycles. The van der Waals surface area contributed by atoms with Crippen molar-refractivity contribution in [2.45, 2.75) is 34.1 Å². The zero-order chi connectivity index (χ0) is 16.3. The maximum Gasteiger partial charge on any atom is 0.284 e. The summed E-state index contributed by atoms with van der Waals surface area (Å²) in [7, 11) is 0. The lowest BCUT2D eigenvalue weighted by Crippen LogP contribution is -2.22. The number of benzene rings is 1. The molecule has 4 nitrogen and oxygen atoms in total. The van der Waals surface area contributed by atoms with Gasteiger partial charge in [0.2, 0.25) is 0 Å². The zero-order valence-corrected chi connectivity index (χ0v) is 13.6. The first-order valence-corrected chi connectivity index (χ1v) is 7.34. The third-order valence-electron chi connectivity index (χ3n) is 3.93. The Labute approximate surface area is 131 Å². The van der Waals surface area contributed by atoms with Crippen LogP contribution in [0.15, 0.2) is 30.9 Å². The van der Waals surface area contributed by atoms with Gasteiger partial charge in [-0.3, -0.25) is 4.79 Å². The van der Waals surface area contributed by atoms with E-state index in [1.54, 1.807) is 0 Å². The molecule has 1 heterocycles. The number of carbonyl (C=O) groups is 1. The fourth-order valence-electron chi connectivity index (χ4n) is 2.44. The van der Waals surface area contributed by atoms with Crippen LogP contribution in [0.5, 0.6) is 5.75 Å². The minimum Gasteiger partial charge on any atom is -0.483 e. The minimum atomic E-state index is -0.170. The van der Waals surface area contributed by atoms with Crippen LogP contribution in [0.25, 0.3) is 0 Å². The highest BCUT2D eigenvalue weighted by Gasteiger charge is 2.16. The molecule has 2 rings (SSSR count). The molecule has 1 aromatic carbocycles. The van der Waals surface area contributed by atoms with Crippen LogP contribution >= 0.6 is 0 Å². The van der Waals surface area contributed by atoms with E-state index in [4.69, 9.17) is 4.74 Å². The number of allylic oxidation sites excluding steroid dienone is 1. The first-order chi connectivity index (χ1) is 10.5. The molecule has 0 aliphatic rings. The van der Waals surface area contributed by atoms with Crippen molar-refractivity contribution >= 4 is 5.91 Å². The number of carbonyl (C=O) groups excluding carboxylic acids is 1. The van der Waals surface area contributed by atoms with Crippen molar-refractivity contribution in [1.82, 2.24) is 9.78 Å². The van der Waals surface area contributed by atoms with Crippen LogP contribution in [0.2, 0.25) is 0 Å². The topological polar surface area (TPSA) is 44.1 Å². The van der Waals surface area contributed by atoms with Gasteiger partial charge >= 0.3 is 0 Å². The van der Waals surface area contributed by atoms with Gasteiger partial charge in [0.1, 0.15) is 5.75 Å². The summed E-state index contributed by atoms with van der Waals surface area (Å²) in [6.45, 7) is 11.5. The number of aryl methyl sites for hydroxylation is 2. The summed E-state index contributed by atoms with van der Waals surface area (Å²) in [5.41, 5.74) is 4.96. The van der Waals surface area contributed by atoms with Gasteiger partial charge in [-0.15, -0.1) is 6.58 Å². The average molecular weight is 298 g/mol. The van der Waals surface area contributed by atoms with Crippen molar-refractivity contribution < 1.29 is 9.53 Å². The smallest absolute Gasteiger partial charge is 0.284 e. The fraction of sp³-hybridized carbons (Fsp3) is 0.333. The van der Waals surface area contributed by atoms with Crippen LogP contribution in [0.4, 0.5) is 0 Å². The van der Waals surface area contributed by atoms with E-state index in [2.05, 4.69) is 11.7 Å². The van der Waals surface area contributed by atoms with E-state index in [0.717, 1.165) is 33.8 Å². The van der Waals surface area contributed by atoms with Crippen molar-refractivity contribution in [3.05, 3.63) is 58.9 Å². The maximum absolute atomic E-state index is 12.4. The Bertz CT molecular complexity index is 714. The lowest BCUT2D eigenvalue weighted by atomic mass is 10.1. The van der Waals surface area contributed by atoms with E-state index in [-0.39, 0.29) is 12.5 Å². The summed E-state index contributed by atoms with van der Waals surface area (Å²) in [6, 6.07) is 5.82. The predicted molar refractivity (Wildman–Crippen MR) is 87.6 cm³/mol. The third-order valence-corrected chi connectivity index (χ3v) is 3.93. The van der Waals surface area contributed by atoms with E-state index in [1.807, 2.05) is 52.0 Å². The molecule has 22 heavy (non-hydrogen) atoms. The second-order valence-electron chi connectivity index (χ2n) is 5.43. The molecule has 2 aromatic rings. The Kier molecular flexibility index (Phi) is 4.81. The molecule has 0 spiro atoms. The number of nitrogens with zero attached hydrogens (tertiary/aromatic N) is 2. The molecular weight excluding hydrogens is 276 g/mol. The van der Waals surface area contributed by atoms with Gasteiger partial charge in [-0.1, -0.05) is 18.2 Å². The van der Waals surface area contributed by atoms with E-state index >= 15 is 0 Å². The van der Waals surface area contributed by atoms with Gasteiger partial charge in [-0.2, -0.15) is 5.10 Å². The van der Waals surface area contributed by atoms with Crippen molar-refractivity contribution in [2.75, 3.05) is 6.61 Å². The maximum atomic E-state index is 12.4. The molecule has 116 valence electrons. The first-order valence-electron chi connectivity index (χ1n) is 7.34. The molecule has 4 heteroatoms. The van der Waals surface area contributed by atoms with E-state index in [0.29, 0.717) is 6.42 Å². The van der Waals surface area contributed by atoms with Crippen LogP contribution < -0.4 is 4.74 Å². The van der Waals surface area contributed by atoms with Crippen molar-refractivity contribution in [3.8, 4) is 5.75 Å². The monoisotopic (exact) mass is 298 g/mol. The average Bonchev–Trinajstić information content (AvgIpc) is 2.77. The number of aromatic nitrogens is 2. The van der Waals surface area contributed by atoms with Gasteiger partial charge in [0, 0.05) is 11.3 Å². The van der Waals surface area contributed by atoms with Crippen LogP contribution in [-0.4, -0.2) is 22.3 Å². The Balaban J connectivity index is 2.15. The molecule has 0 atom stereocenters. The first kappa shape index (κ1) is 16.0. The standard InChI is InChI=1S/C18H22N2O2/c1-6-8-16-14(4)19-20(15(16)5)18(21)11-22-17-10-7-9-12(2)13(17)3/h6-7,9-10H,1,8,11H2,2-5H3. The lowest BCUT2D eigenvalue weighted by Gasteiger charge is -2.10. The van der Waals surface area contributed by atoms with Crippen molar-refractivity contribution in [2.24, 2.45) is 0 Å².